The van der Waals surface area contributed by atoms with E-state index in [1.807, 2.05) is 24.3 Å². The van der Waals surface area contributed by atoms with Crippen LogP contribution in [0.2, 0.25) is 5.02 Å². The normalized spacial score (nSPS) is 16.9. The summed E-state index contributed by atoms with van der Waals surface area (Å²) in [4.78, 5) is 12.6. The number of halogens is 1. The summed E-state index contributed by atoms with van der Waals surface area (Å²) in [6.07, 6.45) is 1.88. The third kappa shape index (κ3) is 3.58. The fourth-order valence-electron chi connectivity index (χ4n) is 3.16. The summed E-state index contributed by atoms with van der Waals surface area (Å²) in [7, 11) is 0. The lowest BCUT2D eigenvalue weighted by atomic mass is 10.0. The first-order chi connectivity index (χ1) is 12.6. The van der Waals surface area contributed by atoms with E-state index in [-0.39, 0.29) is 5.91 Å². The van der Waals surface area contributed by atoms with Crippen LogP contribution in [0.5, 0.6) is 0 Å². The van der Waals surface area contributed by atoms with E-state index in [0.29, 0.717) is 16.8 Å². The van der Waals surface area contributed by atoms with Gasteiger partial charge in [-0.2, -0.15) is 5.10 Å². The minimum atomic E-state index is -0.154. The number of thiophene rings is 1. The molecule has 1 aliphatic rings. The maximum absolute atomic E-state index is 11.5. The largest absolute Gasteiger partial charge is 0.381 e. The van der Waals surface area contributed by atoms with Crippen molar-refractivity contribution in [3.63, 3.8) is 0 Å². The number of fused-ring (bicyclic) bond motifs is 1. The number of amides is 1. The van der Waals surface area contributed by atoms with E-state index in [1.165, 1.54) is 6.92 Å². The Morgan fingerprint density at radius 3 is 2.85 bits per heavy atom. The second kappa shape index (κ2) is 7.31. The van der Waals surface area contributed by atoms with Gasteiger partial charge in [0.1, 0.15) is 0 Å². The SMILES string of the molecule is CC(=O)Nc1nnc(CC2CCOC2)c2cc(-c3ccc(Cl)cc3)sc12. The van der Waals surface area contributed by atoms with Crippen LogP contribution in [0.25, 0.3) is 20.5 Å². The Kier molecular flexibility index (Phi) is 4.89. The topological polar surface area (TPSA) is 64.1 Å². The first-order valence-electron chi connectivity index (χ1n) is 8.50. The lowest BCUT2D eigenvalue weighted by Crippen LogP contribution is -2.11. The summed E-state index contributed by atoms with van der Waals surface area (Å²) in [5.74, 6) is 0.834. The van der Waals surface area contributed by atoms with Gasteiger partial charge in [-0.15, -0.1) is 16.4 Å². The van der Waals surface area contributed by atoms with Crippen LogP contribution in [0.4, 0.5) is 5.82 Å². The second-order valence-corrected chi connectivity index (χ2v) is 7.96. The average molecular weight is 388 g/mol. The van der Waals surface area contributed by atoms with Crippen molar-refractivity contribution in [3.05, 3.63) is 41.0 Å². The summed E-state index contributed by atoms with van der Waals surface area (Å²) < 4.78 is 6.44. The van der Waals surface area contributed by atoms with Crippen LogP contribution < -0.4 is 5.32 Å². The predicted octanol–water partition coefficient (Wildman–Crippen LogP) is 4.55. The number of nitrogens with zero attached hydrogens (tertiary/aromatic N) is 2. The lowest BCUT2D eigenvalue weighted by molar-refractivity contribution is -0.114. The summed E-state index contributed by atoms with van der Waals surface area (Å²) in [5.41, 5.74) is 2.04. The van der Waals surface area contributed by atoms with Crippen LogP contribution in [-0.4, -0.2) is 29.3 Å². The molecule has 0 radical (unpaired) electrons. The number of rotatable bonds is 4. The van der Waals surface area contributed by atoms with Crippen LogP contribution in [-0.2, 0) is 16.0 Å². The summed E-state index contributed by atoms with van der Waals surface area (Å²) in [6.45, 7) is 3.06. The highest BCUT2D eigenvalue weighted by Crippen LogP contribution is 2.38. The molecule has 3 heterocycles. The van der Waals surface area contributed by atoms with Gasteiger partial charge >= 0.3 is 0 Å². The fourth-order valence-corrected chi connectivity index (χ4v) is 4.42. The molecule has 1 aliphatic heterocycles. The maximum atomic E-state index is 11.5. The Hall–Kier alpha value is -2.02. The molecular formula is C19H18ClN3O2S. The smallest absolute Gasteiger partial charge is 0.222 e. The third-order valence-electron chi connectivity index (χ3n) is 4.46. The number of anilines is 1. The number of benzene rings is 1. The molecule has 0 spiro atoms. The van der Waals surface area contributed by atoms with Gasteiger partial charge in [-0.3, -0.25) is 4.79 Å². The Balaban J connectivity index is 1.79. The van der Waals surface area contributed by atoms with Crippen LogP contribution in [0.3, 0.4) is 0 Å². The molecule has 1 unspecified atom stereocenters. The third-order valence-corrected chi connectivity index (χ3v) is 5.90. The van der Waals surface area contributed by atoms with Crippen molar-refractivity contribution < 1.29 is 9.53 Å². The van der Waals surface area contributed by atoms with Crippen LogP contribution in [0.1, 0.15) is 19.0 Å². The van der Waals surface area contributed by atoms with Gasteiger partial charge in [0.15, 0.2) is 5.82 Å². The van der Waals surface area contributed by atoms with Crippen molar-refractivity contribution in [3.8, 4) is 10.4 Å². The number of carbonyl (C=O) groups is 1. The molecule has 1 aromatic carbocycles. The molecule has 1 amide bonds. The Morgan fingerprint density at radius 1 is 1.35 bits per heavy atom. The van der Waals surface area contributed by atoms with Crippen molar-refractivity contribution in [2.75, 3.05) is 18.5 Å². The molecule has 3 aromatic rings. The van der Waals surface area contributed by atoms with E-state index in [0.717, 1.165) is 52.3 Å². The minimum Gasteiger partial charge on any atom is -0.381 e. The molecule has 26 heavy (non-hydrogen) atoms. The van der Waals surface area contributed by atoms with Gasteiger partial charge < -0.3 is 10.1 Å². The molecular weight excluding hydrogens is 370 g/mol. The number of ether oxygens (including phenoxy) is 1. The first kappa shape index (κ1) is 17.4. The first-order valence-corrected chi connectivity index (χ1v) is 9.70. The second-order valence-electron chi connectivity index (χ2n) is 6.47. The molecule has 7 heteroatoms. The van der Waals surface area contributed by atoms with Crippen molar-refractivity contribution in [1.29, 1.82) is 0 Å². The quantitative estimate of drug-likeness (QED) is 0.713. The van der Waals surface area contributed by atoms with Crippen molar-refractivity contribution in [2.45, 2.75) is 19.8 Å². The van der Waals surface area contributed by atoms with E-state index in [4.69, 9.17) is 16.3 Å². The van der Waals surface area contributed by atoms with Crippen LogP contribution >= 0.6 is 22.9 Å². The maximum Gasteiger partial charge on any atom is 0.222 e. The van der Waals surface area contributed by atoms with Gasteiger partial charge in [-0.1, -0.05) is 23.7 Å². The fraction of sp³-hybridized carbons (Fsp3) is 0.316. The van der Waals surface area contributed by atoms with Crippen LogP contribution in [0, 0.1) is 5.92 Å². The molecule has 1 N–H and O–H groups in total. The average Bonchev–Trinajstić information content (AvgIpc) is 3.27. The summed E-state index contributed by atoms with van der Waals surface area (Å²) in [6, 6.07) is 9.88. The summed E-state index contributed by atoms with van der Waals surface area (Å²) >= 11 is 7.61. The van der Waals surface area contributed by atoms with Crippen molar-refractivity contribution in [1.82, 2.24) is 10.2 Å². The van der Waals surface area contributed by atoms with E-state index < -0.39 is 0 Å². The van der Waals surface area contributed by atoms with Crippen molar-refractivity contribution >= 4 is 44.7 Å². The van der Waals surface area contributed by atoms with Crippen molar-refractivity contribution in [2.24, 2.45) is 5.92 Å². The van der Waals surface area contributed by atoms with Gasteiger partial charge in [0, 0.05) is 35.4 Å². The number of carbonyl (C=O) groups excluding carboxylic acids is 1. The molecule has 0 saturated carbocycles. The van der Waals surface area contributed by atoms with Gasteiger partial charge in [0.25, 0.3) is 0 Å². The molecule has 4 rings (SSSR count). The molecule has 2 aromatic heterocycles. The zero-order valence-electron chi connectivity index (χ0n) is 14.3. The monoisotopic (exact) mass is 387 g/mol. The Bertz CT molecular complexity index is 949. The van der Waals surface area contributed by atoms with E-state index >= 15 is 0 Å². The predicted molar refractivity (Wildman–Crippen MR) is 105 cm³/mol. The molecule has 0 aliphatic carbocycles. The van der Waals surface area contributed by atoms with Gasteiger partial charge in [-0.25, -0.2) is 0 Å². The zero-order chi connectivity index (χ0) is 18.1. The van der Waals surface area contributed by atoms with E-state index in [1.54, 1.807) is 11.3 Å². The molecule has 1 atom stereocenters. The molecule has 134 valence electrons. The van der Waals surface area contributed by atoms with Gasteiger partial charge in [0.2, 0.25) is 5.91 Å². The van der Waals surface area contributed by atoms with Gasteiger partial charge in [-0.05, 0) is 42.5 Å². The molecule has 1 saturated heterocycles. The Labute approximate surface area is 160 Å². The number of hydrogen-bond acceptors (Lipinski definition) is 5. The minimum absolute atomic E-state index is 0.154. The zero-order valence-corrected chi connectivity index (χ0v) is 15.9. The standard InChI is InChI=1S/C19H18ClN3O2S/c1-11(24)21-19-18-15(16(22-23-19)8-12-6-7-25-10-12)9-17(26-18)13-2-4-14(20)5-3-13/h2-5,9,12H,6-8,10H2,1H3,(H,21,23,24). The highest BCUT2D eigenvalue weighted by molar-refractivity contribution is 7.22. The molecule has 0 bridgehead atoms. The molecule has 1 fully saturated rings. The lowest BCUT2D eigenvalue weighted by Gasteiger charge is -2.09. The number of hydrogen-bond donors (Lipinski definition) is 1. The molecule has 5 nitrogen and oxygen atoms in total. The van der Waals surface area contributed by atoms with E-state index in [9.17, 15) is 4.79 Å². The highest BCUT2D eigenvalue weighted by atomic mass is 35.5. The number of nitrogens with one attached hydrogen (secondary N) is 1. The van der Waals surface area contributed by atoms with Gasteiger partial charge in [0.05, 0.1) is 10.4 Å². The summed E-state index contributed by atoms with van der Waals surface area (Å²) in [5, 5.41) is 13.2. The van der Waals surface area contributed by atoms with E-state index in [2.05, 4.69) is 21.6 Å². The Morgan fingerprint density at radius 2 is 2.15 bits per heavy atom. The van der Waals surface area contributed by atoms with Crippen LogP contribution in [0.15, 0.2) is 30.3 Å². The number of aromatic nitrogens is 2. The highest BCUT2D eigenvalue weighted by Gasteiger charge is 2.21.